The average molecular weight is 254 g/mol. The smallest absolute Gasteiger partial charge is 0.237 e. The van der Waals surface area contributed by atoms with Gasteiger partial charge in [-0.25, -0.2) is 8.78 Å². The number of halogens is 8. The highest BCUT2D eigenvalue weighted by molar-refractivity contribution is 5.44. The van der Waals surface area contributed by atoms with E-state index in [1.54, 1.807) is 0 Å². The summed E-state index contributed by atoms with van der Waals surface area (Å²) in [5, 5.41) is 0. The summed E-state index contributed by atoms with van der Waals surface area (Å²) in [6.45, 7) is 0.636. The second-order valence-corrected chi connectivity index (χ2v) is 3.69. The number of hydrogen-bond donors (Lipinski definition) is 0. The van der Waals surface area contributed by atoms with E-state index >= 15 is 0 Å². The highest BCUT2D eigenvalue weighted by atomic mass is 19.4. The van der Waals surface area contributed by atoms with Gasteiger partial charge in [-0.1, -0.05) is 0 Å². The Morgan fingerprint density at radius 3 is 1.38 bits per heavy atom. The predicted octanol–water partition coefficient (Wildman–Crippen LogP) is 4.08. The lowest BCUT2D eigenvalue weighted by molar-refractivity contribution is -0.372. The molecule has 16 heavy (non-hydrogen) atoms. The average Bonchev–Trinajstić information content (AvgIpc) is 1.97. The fourth-order valence-electron chi connectivity index (χ4n) is 1.85. The van der Waals surface area contributed by atoms with Gasteiger partial charge in [-0.15, -0.1) is 0 Å². The Labute approximate surface area is 84.9 Å². The number of alkyl halides is 7. The van der Waals surface area contributed by atoms with Gasteiger partial charge in [-0.05, 0) is 19.4 Å². The van der Waals surface area contributed by atoms with Crippen LogP contribution in [0.5, 0.6) is 0 Å². The largest absolute Gasteiger partial charge is 0.413 e. The molecule has 0 aromatic carbocycles. The van der Waals surface area contributed by atoms with Crippen molar-refractivity contribution in [2.75, 3.05) is 0 Å². The first-order valence-corrected chi connectivity index (χ1v) is 4.01. The van der Waals surface area contributed by atoms with E-state index in [4.69, 9.17) is 0 Å². The monoisotopic (exact) mass is 254 g/mol. The minimum atomic E-state index is -6.07. The van der Waals surface area contributed by atoms with Gasteiger partial charge in [0.1, 0.15) is 5.83 Å². The second kappa shape index (κ2) is 2.89. The fraction of sp³-hybridized carbons (Fsp3) is 0.750. The number of hydrogen-bond acceptors (Lipinski definition) is 0. The summed E-state index contributed by atoms with van der Waals surface area (Å²) < 4.78 is 100. The van der Waals surface area contributed by atoms with Crippen LogP contribution >= 0.6 is 0 Å². The van der Waals surface area contributed by atoms with Crippen molar-refractivity contribution in [3.8, 4) is 0 Å². The molecule has 0 nitrogen and oxygen atoms in total. The Balaban J connectivity index is 3.57. The van der Waals surface area contributed by atoms with Gasteiger partial charge in [0.15, 0.2) is 5.67 Å². The Kier molecular flexibility index (Phi) is 2.39. The molecule has 0 fully saturated rings. The zero-order valence-corrected chi connectivity index (χ0v) is 8.02. The summed E-state index contributed by atoms with van der Waals surface area (Å²) in [5.74, 6) is -2.50. The molecule has 1 aliphatic carbocycles. The Morgan fingerprint density at radius 2 is 1.25 bits per heavy atom. The van der Waals surface area contributed by atoms with Crippen LogP contribution in [0.4, 0.5) is 35.1 Å². The molecule has 0 aliphatic heterocycles. The SMILES string of the molecule is CC1=C(F)C(C(F)(F)F)(C(F)(F)F)C1(C)F. The zero-order chi connectivity index (χ0) is 13.2. The molecule has 94 valence electrons. The quantitative estimate of drug-likeness (QED) is 0.571. The summed E-state index contributed by atoms with van der Waals surface area (Å²) in [6, 6.07) is 0. The van der Waals surface area contributed by atoms with Gasteiger partial charge in [0.05, 0.1) is 0 Å². The summed E-state index contributed by atoms with van der Waals surface area (Å²) in [7, 11) is 0. The van der Waals surface area contributed by atoms with Crippen LogP contribution in [0, 0.1) is 5.41 Å². The Bertz CT molecular complexity index is 328. The molecule has 0 saturated heterocycles. The molecular formula is C8H6F8. The standard InChI is InChI=1S/C8H6F8/c1-3-4(9)6(5(3,2)10,7(11,12)13)8(14,15)16/h1-2H3. The third-order valence-corrected chi connectivity index (χ3v) is 2.92. The molecule has 0 spiro atoms. The van der Waals surface area contributed by atoms with Crippen LogP contribution in [0.2, 0.25) is 0 Å². The van der Waals surface area contributed by atoms with Crippen LogP contribution in [0.3, 0.4) is 0 Å². The van der Waals surface area contributed by atoms with Gasteiger partial charge in [0.2, 0.25) is 5.41 Å². The first-order chi connectivity index (χ1) is 6.82. The van der Waals surface area contributed by atoms with E-state index in [0.29, 0.717) is 6.92 Å². The molecule has 0 aromatic rings. The molecule has 1 rings (SSSR count). The summed E-state index contributed by atoms with van der Waals surface area (Å²) in [6.07, 6.45) is -12.1. The van der Waals surface area contributed by atoms with E-state index in [-0.39, 0.29) is 6.92 Å². The highest BCUT2D eigenvalue weighted by Gasteiger charge is 2.87. The van der Waals surface area contributed by atoms with Crippen molar-refractivity contribution < 1.29 is 35.1 Å². The molecule has 1 unspecified atom stereocenters. The minimum Gasteiger partial charge on any atom is -0.237 e. The molecule has 0 heterocycles. The van der Waals surface area contributed by atoms with Gasteiger partial charge in [0.25, 0.3) is 0 Å². The van der Waals surface area contributed by atoms with E-state index in [1.165, 1.54) is 0 Å². The molecule has 8 heteroatoms. The van der Waals surface area contributed by atoms with Gasteiger partial charge in [-0.2, -0.15) is 26.3 Å². The lowest BCUT2D eigenvalue weighted by Gasteiger charge is -2.51. The van der Waals surface area contributed by atoms with E-state index in [2.05, 4.69) is 0 Å². The maximum Gasteiger partial charge on any atom is 0.413 e. The van der Waals surface area contributed by atoms with E-state index in [9.17, 15) is 35.1 Å². The third kappa shape index (κ3) is 1.10. The van der Waals surface area contributed by atoms with E-state index in [0.717, 1.165) is 0 Å². The summed E-state index contributed by atoms with van der Waals surface area (Å²) in [4.78, 5) is 0. The van der Waals surface area contributed by atoms with Gasteiger partial charge >= 0.3 is 12.4 Å². The van der Waals surface area contributed by atoms with Crippen LogP contribution in [0.25, 0.3) is 0 Å². The van der Waals surface area contributed by atoms with Gasteiger partial charge in [-0.3, -0.25) is 0 Å². The number of allylic oxidation sites excluding steroid dienone is 2. The van der Waals surface area contributed by atoms with Crippen molar-refractivity contribution in [1.29, 1.82) is 0 Å². The predicted molar refractivity (Wildman–Crippen MR) is 37.9 cm³/mol. The molecular weight excluding hydrogens is 248 g/mol. The number of rotatable bonds is 0. The third-order valence-electron chi connectivity index (χ3n) is 2.92. The van der Waals surface area contributed by atoms with E-state index in [1.807, 2.05) is 0 Å². The van der Waals surface area contributed by atoms with E-state index < -0.39 is 34.8 Å². The maximum atomic E-state index is 13.4. The Morgan fingerprint density at radius 1 is 0.938 bits per heavy atom. The molecule has 0 radical (unpaired) electrons. The van der Waals surface area contributed by atoms with Crippen molar-refractivity contribution in [3.05, 3.63) is 11.4 Å². The maximum absolute atomic E-state index is 13.4. The topological polar surface area (TPSA) is 0 Å². The molecule has 1 atom stereocenters. The Hall–Kier alpha value is -0.820. The lowest BCUT2D eigenvalue weighted by Crippen LogP contribution is -2.68. The van der Waals surface area contributed by atoms with Crippen molar-refractivity contribution in [3.63, 3.8) is 0 Å². The van der Waals surface area contributed by atoms with Crippen molar-refractivity contribution >= 4 is 0 Å². The molecule has 0 N–H and O–H groups in total. The molecule has 0 amide bonds. The van der Waals surface area contributed by atoms with Crippen LogP contribution in [-0.4, -0.2) is 18.0 Å². The first-order valence-electron chi connectivity index (χ1n) is 4.01. The van der Waals surface area contributed by atoms with Crippen molar-refractivity contribution in [1.82, 2.24) is 0 Å². The molecule has 0 saturated carbocycles. The zero-order valence-electron chi connectivity index (χ0n) is 8.02. The normalized spacial score (nSPS) is 30.4. The fourth-order valence-corrected chi connectivity index (χ4v) is 1.85. The summed E-state index contributed by atoms with van der Waals surface area (Å²) >= 11 is 0. The van der Waals surface area contributed by atoms with Crippen molar-refractivity contribution in [2.24, 2.45) is 5.41 Å². The molecule has 0 aromatic heterocycles. The molecule has 0 bridgehead atoms. The molecule has 1 aliphatic rings. The highest BCUT2D eigenvalue weighted by Crippen LogP contribution is 2.70. The van der Waals surface area contributed by atoms with Crippen LogP contribution in [-0.2, 0) is 0 Å². The van der Waals surface area contributed by atoms with Gasteiger partial charge < -0.3 is 0 Å². The first kappa shape index (κ1) is 13.2. The van der Waals surface area contributed by atoms with Crippen LogP contribution in [0.1, 0.15) is 13.8 Å². The van der Waals surface area contributed by atoms with Crippen LogP contribution < -0.4 is 0 Å². The van der Waals surface area contributed by atoms with Crippen molar-refractivity contribution in [2.45, 2.75) is 31.9 Å². The summed E-state index contributed by atoms with van der Waals surface area (Å²) in [5.41, 5.74) is -10.0. The van der Waals surface area contributed by atoms with Crippen LogP contribution in [0.15, 0.2) is 11.4 Å². The minimum absolute atomic E-state index is 0.0758. The second-order valence-electron chi connectivity index (χ2n) is 3.69. The lowest BCUT2D eigenvalue weighted by atomic mass is 9.58. The van der Waals surface area contributed by atoms with Gasteiger partial charge in [0, 0.05) is 0 Å².